The zero-order chi connectivity index (χ0) is 12.4. The predicted molar refractivity (Wildman–Crippen MR) is 70.7 cm³/mol. The Kier molecular flexibility index (Phi) is 3.63. The van der Waals surface area contributed by atoms with Gasteiger partial charge in [-0.25, -0.2) is 0 Å². The molecule has 4 nitrogen and oxygen atoms in total. The normalized spacial score (nSPS) is 18.5. The van der Waals surface area contributed by atoms with E-state index in [2.05, 4.69) is 23.7 Å². The Balaban J connectivity index is 1.77. The van der Waals surface area contributed by atoms with Gasteiger partial charge in [-0.3, -0.25) is 0 Å². The summed E-state index contributed by atoms with van der Waals surface area (Å²) >= 11 is 1.74. The van der Waals surface area contributed by atoms with Crippen molar-refractivity contribution in [2.24, 2.45) is 0 Å². The molecule has 3 rings (SSSR count). The monoisotopic (exact) mass is 267 g/mol. The first kappa shape index (κ1) is 12.1. The molecule has 1 saturated heterocycles. The fraction of sp³-hybridized carbons (Fsp3) is 0.538. The van der Waals surface area contributed by atoms with Crippen LogP contribution in [0.25, 0.3) is 0 Å². The molecule has 0 radical (unpaired) electrons. The molecule has 1 fully saturated rings. The predicted octanol–water partition coefficient (Wildman–Crippen LogP) is 1.67. The minimum Gasteiger partial charge on any atom is -0.486 e. The van der Waals surface area contributed by atoms with Crippen LogP contribution >= 0.6 is 11.8 Å². The summed E-state index contributed by atoms with van der Waals surface area (Å²) in [4.78, 5) is 1.24. The Labute approximate surface area is 111 Å². The molecule has 2 aliphatic rings. The fourth-order valence-corrected chi connectivity index (χ4v) is 2.67. The summed E-state index contributed by atoms with van der Waals surface area (Å²) in [7, 11) is 0. The summed E-state index contributed by atoms with van der Waals surface area (Å²) in [6.45, 7) is 3.76. The van der Waals surface area contributed by atoms with E-state index in [1.54, 1.807) is 11.8 Å². The van der Waals surface area contributed by atoms with Crippen LogP contribution in [-0.4, -0.2) is 38.7 Å². The van der Waals surface area contributed by atoms with Gasteiger partial charge in [0.05, 0.1) is 19.3 Å². The smallest absolute Gasteiger partial charge is 0.162 e. The lowest BCUT2D eigenvalue weighted by Gasteiger charge is -2.28. The van der Waals surface area contributed by atoms with Crippen molar-refractivity contribution >= 4 is 11.8 Å². The van der Waals surface area contributed by atoms with E-state index in [1.807, 2.05) is 0 Å². The highest BCUT2D eigenvalue weighted by Gasteiger charge is 2.19. The van der Waals surface area contributed by atoms with E-state index in [9.17, 15) is 0 Å². The number of hydrogen-bond donors (Lipinski definition) is 1. The van der Waals surface area contributed by atoms with E-state index < -0.39 is 0 Å². The molecule has 0 spiro atoms. The highest BCUT2D eigenvalue weighted by atomic mass is 32.2. The quantitative estimate of drug-likeness (QED) is 0.840. The molecule has 0 unspecified atom stereocenters. The Morgan fingerprint density at radius 1 is 1.22 bits per heavy atom. The molecular weight excluding hydrogens is 250 g/mol. The molecule has 2 heterocycles. The summed E-state index contributed by atoms with van der Waals surface area (Å²) in [6, 6.07) is 4.66. The molecular formula is C13H17NO3S. The van der Waals surface area contributed by atoms with Gasteiger partial charge in [0, 0.05) is 11.4 Å². The summed E-state index contributed by atoms with van der Waals surface area (Å²) in [6.07, 6.45) is 2.08. The molecule has 0 aliphatic carbocycles. The SMILES string of the molecule is CSc1cc2c(cc1CNC1COC1)OCCO2. The average Bonchev–Trinajstić information content (AvgIpc) is 2.36. The van der Waals surface area contributed by atoms with Crippen molar-refractivity contribution in [2.45, 2.75) is 17.5 Å². The van der Waals surface area contributed by atoms with Crippen LogP contribution in [0.15, 0.2) is 17.0 Å². The number of ether oxygens (including phenoxy) is 3. The molecule has 2 aliphatic heterocycles. The lowest BCUT2D eigenvalue weighted by atomic mass is 10.1. The van der Waals surface area contributed by atoms with Gasteiger partial charge in [-0.15, -0.1) is 11.8 Å². The maximum Gasteiger partial charge on any atom is 0.162 e. The van der Waals surface area contributed by atoms with Gasteiger partial charge in [0.15, 0.2) is 11.5 Å². The van der Waals surface area contributed by atoms with Gasteiger partial charge >= 0.3 is 0 Å². The Morgan fingerprint density at radius 2 is 1.94 bits per heavy atom. The van der Waals surface area contributed by atoms with Crippen molar-refractivity contribution in [1.29, 1.82) is 0 Å². The van der Waals surface area contributed by atoms with Crippen molar-refractivity contribution < 1.29 is 14.2 Å². The van der Waals surface area contributed by atoms with E-state index in [4.69, 9.17) is 14.2 Å². The molecule has 1 aromatic carbocycles. The zero-order valence-corrected chi connectivity index (χ0v) is 11.2. The molecule has 0 atom stereocenters. The summed E-state index contributed by atoms with van der Waals surface area (Å²) < 4.78 is 16.4. The third kappa shape index (κ3) is 2.43. The van der Waals surface area contributed by atoms with Gasteiger partial charge in [0.25, 0.3) is 0 Å². The van der Waals surface area contributed by atoms with Crippen LogP contribution in [0.3, 0.4) is 0 Å². The second kappa shape index (κ2) is 5.38. The highest BCUT2D eigenvalue weighted by molar-refractivity contribution is 7.98. The maximum atomic E-state index is 5.62. The van der Waals surface area contributed by atoms with Crippen LogP contribution in [-0.2, 0) is 11.3 Å². The lowest BCUT2D eigenvalue weighted by molar-refractivity contribution is -0.00587. The van der Waals surface area contributed by atoms with E-state index in [0.29, 0.717) is 19.3 Å². The number of fused-ring (bicyclic) bond motifs is 1. The van der Waals surface area contributed by atoms with Gasteiger partial charge in [0.1, 0.15) is 13.2 Å². The third-order valence-electron chi connectivity index (χ3n) is 3.16. The first-order chi connectivity index (χ1) is 8.86. The summed E-state index contributed by atoms with van der Waals surface area (Å²) in [5.74, 6) is 1.72. The van der Waals surface area contributed by atoms with Gasteiger partial charge < -0.3 is 19.5 Å². The second-order valence-corrected chi connectivity index (χ2v) is 5.27. The van der Waals surface area contributed by atoms with Crippen LogP contribution in [0.2, 0.25) is 0 Å². The van der Waals surface area contributed by atoms with Gasteiger partial charge in [0.2, 0.25) is 0 Å². The van der Waals surface area contributed by atoms with E-state index >= 15 is 0 Å². The fourth-order valence-electron chi connectivity index (χ4n) is 2.05. The Morgan fingerprint density at radius 3 is 2.56 bits per heavy atom. The molecule has 0 amide bonds. The third-order valence-corrected chi connectivity index (χ3v) is 3.98. The minimum atomic E-state index is 0.493. The van der Waals surface area contributed by atoms with Crippen molar-refractivity contribution in [2.75, 3.05) is 32.7 Å². The first-order valence-electron chi connectivity index (χ1n) is 6.14. The topological polar surface area (TPSA) is 39.7 Å². The average molecular weight is 267 g/mol. The van der Waals surface area contributed by atoms with Crippen molar-refractivity contribution in [3.05, 3.63) is 17.7 Å². The van der Waals surface area contributed by atoms with E-state index in [-0.39, 0.29) is 0 Å². The largest absolute Gasteiger partial charge is 0.486 e. The van der Waals surface area contributed by atoms with E-state index in [0.717, 1.165) is 31.3 Å². The van der Waals surface area contributed by atoms with Crippen LogP contribution in [0.1, 0.15) is 5.56 Å². The van der Waals surface area contributed by atoms with Crippen LogP contribution < -0.4 is 14.8 Å². The number of rotatable bonds is 4. The Hall–Kier alpha value is -0.910. The molecule has 5 heteroatoms. The molecule has 18 heavy (non-hydrogen) atoms. The molecule has 1 N–H and O–H groups in total. The zero-order valence-electron chi connectivity index (χ0n) is 10.4. The van der Waals surface area contributed by atoms with Crippen LogP contribution in [0.5, 0.6) is 11.5 Å². The number of hydrogen-bond acceptors (Lipinski definition) is 5. The minimum absolute atomic E-state index is 0.493. The van der Waals surface area contributed by atoms with Gasteiger partial charge in [-0.05, 0) is 24.0 Å². The molecule has 0 saturated carbocycles. The first-order valence-corrected chi connectivity index (χ1v) is 7.37. The molecule has 0 bridgehead atoms. The molecule has 1 aromatic rings. The van der Waals surface area contributed by atoms with Gasteiger partial charge in [-0.1, -0.05) is 0 Å². The summed E-state index contributed by atoms with van der Waals surface area (Å²) in [5.41, 5.74) is 1.26. The standard InChI is InChI=1S/C13H17NO3S/c1-18-13-5-12-11(16-2-3-17-12)4-9(13)6-14-10-7-15-8-10/h4-5,10,14H,2-3,6-8H2,1H3. The van der Waals surface area contributed by atoms with Gasteiger partial charge in [-0.2, -0.15) is 0 Å². The van der Waals surface area contributed by atoms with Crippen molar-refractivity contribution in [3.8, 4) is 11.5 Å². The van der Waals surface area contributed by atoms with Crippen LogP contribution in [0.4, 0.5) is 0 Å². The number of benzene rings is 1. The number of nitrogens with one attached hydrogen (secondary N) is 1. The maximum absolute atomic E-state index is 5.62. The second-order valence-electron chi connectivity index (χ2n) is 4.42. The van der Waals surface area contributed by atoms with Crippen molar-refractivity contribution in [3.63, 3.8) is 0 Å². The highest BCUT2D eigenvalue weighted by Crippen LogP contribution is 2.36. The van der Waals surface area contributed by atoms with Crippen molar-refractivity contribution in [1.82, 2.24) is 5.32 Å². The lowest BCUT2D eigenvalue weighted by Crippen LogP contribution is -2.45. The van der Waals surface area contributed by atoms with Crippen LogP contribution in [0, 0.1) is 0 Å². The molecule has 0 aromatic heterocycles. The number of thioether (sulfide) groups is 1. The Bertz CT molecular complexity index is 434. The van der Waals surface area contributed by atoms with E-state index in [1.165, 1.54) is 10.5 Å². The summed E-state index contributed by atoms with van der Waals surface area (Å²) in [5, 5.41) is 3.48. The molecule has 98 valence electrons.